The van der Waals surface area contributed by atoms with Gasteiger partial charge in [-0.25, -0.2) is 0 Å². The maximum atomic E-state index is 3.51. The Morgan fingerprint density at radius 2 is 1.41 bits per heavy atom. The van der Waals surface area contributed by atoms with Crippen LogP contribution in [0.2, 0.25) is 0 Å². The van der Waals surface area contributed by atoms with Crippen LogP contribution < -0.4 is 4.90 Å². The number of hydrogen-bond donors (Lipinski definition) is 0. The normalized spacial score (nSPS) is 22.5. The quantitative estimate of drug-likeness (QED) is 0.705. The molecule has 2 rings (SSSR count). The highest BCUT2D eigenvalue weighted by molar-refractivity contribution is 9.10. The Hall–Kier alpha value is -0.500. The van der Waals surface area contributed by atoms with Gasteiger partial charge in [-0.15, -0.1) is 0 Å². The van der Waals surface area contributed by atoms with Crippen molar-refractivity contribution in [3.8, 4) is 0 Å². The highest BCUT2D eigenvalue weighted by Gasteiger charge is 2.40. The van der Waals surface area contributed by atoms with Gasteiger partial charge in [-0.3, -0.25) is 0 Å². The van der Waals surface area contributed by atoms with Gasteiger partial charge in [-0.2, -0.15) is 0 Å². The van der Waals surface area contributed by atoms with Gasteiger partial charge >= 0.3 is 0 Å². The summed E-state index contributed by atoms with van der Waals surface area (Å²) in [7, 11) is 0. The monoisotopic (exact) mass is 295 g/mol. The molecule has 0 amide bonds. The van der Waals surface area contributed by atoms with E-state index in [9.17, 15) is 0 Å². The summed E-state index contributed by atoms with van der Waals surface area (Å²) in [5, 5.41) is 0. The maximum Gasteiger partial charge on any atom is 0.0375 e. The van der Waals surface area contributed by atoms with E-state index in [4.69, 9.17) is 0 Å². The lowest BCUT2D eigenvalue weighted by Crippen LogP contribution is -2.58. The molecule has 1 aromatic carbocycles. The van der Waals surface area contributed by atoms with E-state index < -0.39 is 0 Å². The molecule has 94 valence electrons. The van der Waals surface area contributed by atoms with Crippen molar-refractivity contribution in [2.24, 2.45) is 0 Å². The molecule has 0 radical (unpaired) electrons. The molecular weight excluding hydrogens is 274 g/mol. The van der Waals surface area contributed by atoms with Crippen molar-refractivity contribution >= 4 is 21.6 Å². The van der Waals surface area contributed by atoms with E-state index in [2.05, 4.69) is 72.8 Å². The van der Waals surface area contributed by atoms with E-state index in [0.717, 1.165) is 4.47 Å². The first-order valence-corrected chi connectivity index (χ1v) is 7.18. The zero-order valence-corrected chi connectivity index (χ0v) is 12.8. The van der Waals surface area contributed by atoms with Gasteiger partial charge in [0.2, 0.25) is 0 Å². The molecule has 2 heteroatoms. The van der Waals surface area contributed by atoms with Crippen LogP contribution in [0.25, 0.3) is 0 Å². The second kappa shape index (κ2) is 4.31. The molecule has 1 nitrogen and oxygen atoms in total. The molecule has 0 bridgehead atoms. The van der Waals surface area contributed by atoms with Crippen LogP contribution in [0.5, 0.6) is 0 Å². The van der Waals surface area contributed by atoms with Gasteiger partial charge in [0.05, 0.1) is 0 Å². The molecule has 1 aromatic rings. The molecule has 0 unspecified atom stereocenters. The number of rotatable bonds is 1. The van der Waals surface area contributed by atoms with Crippen LogP contribution in [0.4, 0.5) is 5.69 Å². The summed E-state index contributed by atoms with van der Waals surface area (Å²) in [5.41, 5.74) is 1.83. The molecule has 17 heavy (non-hydrogen) atoms. The molecule has 0 saturated carbocycles. The van der Waals surface area contributed by atoms with E-state index >= 15 is 0 Å². The molecule has 0 atom stereocenters. The van der Waals surface area contributed by atoms with E-state index in [-0.39, 0.29) is 11.1 Å². The standard InChI is InChI=1S/C15H22BrN/c1-14(2)10-5-11-15(3,4)17(14)13-8-6-12(16)7-9-13/h6-9H,5,10-11H2,1-4H3. The molecule has 0 N–H and O–H groups in total. The fourth-order valence-corrected chi connectivity index (χ4v) is 3.55. The third-order valence-corrected chi connectivity index (χ3v) is 4.40. The minimum atomic E-state index is 0.246. The summed E-state index contributed by atoms with van der Waals surface area (Å²) in [5.74, 6) is 0. The summed E-state index contributed by atoms with van der Waals surface area (Å²) in [4.78, 5) is 2.59. The number of anilines is 1. The van der Waals surface area contributed by atoms with E-state index in [1.54, 1.807) is 0 Å². The Balaban J connectivity index is 2.41. The first-order chi connectivity index (χ1) is 7.83. The molecule has 0 spiro atoms. The van der Waals surface area contributed by atoms with Crippen molar-refractivity contribution in [3.63, 3.8) is 0 Å². The van der Waals surface area contributed by atoms with E-state index in [1.807, 2.05) is 0 Å². The van der Waals surface area contributed by atoms with Gasteiger partial charge in [0.25, 0.3) is 0 Å². The van der Waals surface area contributed by atoms with Crippen LogP contribution in [0.3, 0.4) is 0 Å². The van der Waals surface area contributed by atoms with Crippen molar-refractivity contribution in [3.05, 3.63) is 28.7 Å². The Labute approximate surface area is 113 Å². The lowest BCUT2D eigenvalue weighted by atomic mass is 9.79. The smallest absolute Gasteiger partial charge is 0.0375 e. The molecule has 1 aliphatic heterocycles. The Morgan fingerprint density at radius 1 is 0.941 bits per heavy atom. The van der Waals surface area contributed by atoms with Crippen molar-refractivity contribution < 1.29 is 0 Å². The average molecular weight is 296 g/mol. The number of benzene rings is 1. The molecule has 1 saturated heterocycles. The van der Waals surface area contributed by atoms with Crippen LogP contribution in [-0.4, -0.2) is 11.1 Å². The molecule has 1 heterocycles. The van der Waals surface area contributed by atoms with Crippen LogP contribution in [0.1, 0.15) is 47.0 Å². The first-order valence-electron chi connectivity index (χ1n) is 6.39. The Kier molecular flexibility index (Phi) is 3.28. The highest BCUT2D eigenvalue weighted by Crippen LogP contribution is 2.41. The lowest BCUT2D eigenvalue weighted by Gasteiger charge is -2.54. The fraction of sp³-hybridized carbons (Fsp3) is 0.600. The zero-order chi connectivity index (χ0) is 12.7. The Bertz CT molecular complexity index is 376. The molecular formula is C15H22BrN. The summed E-state index contributed by atoms with van der Waals surface area (Å²) in [6.07, 6.45) is 3.87. The maximum absolute atomic E-state index is 3.51. The summed E-state index contributed by atoms with van der Waals surface area (Å²) < 4.78 is 1.15. The third kappa shape index (κ3) is 2.52. The third-order valence-electron chi connectivity index (χ3n) is 3.87. The average Bonchev–Trinajstić information content (AvgIpc) is 2.18. The molecule has 0 aliphatic carbocycles. The molecule has 1 fully saturated rings. The number of hydrogen-bond acceptors (Lipinski definition) is 1. The second-order valence-electron chi connectivity index (χ2n) is 6.29. The fourth-order valence-electron chi connectivity index (χ4n) is 3.29. The highest BCUT2D eigenvalue weighted by atomic mass is 79.9. The zero-order valence-electron chi connectivity index (χ0n) is 11.3. The molecule has 1 aliphatic rings. The predicted molar refractivity (Wildman–Crippen MR) is 78.6 cm³/mol. The van der Waals surface area contributed by atoms with Crippen molar-refractivity contribution in [2.45, 2.75) is 58.0 Å². The van der Waals surface area contributed by atoms with Crippen molar-refractivity contribution in [2.75, 3.05) is 4.90 Å². The minimum absolute atomic E-state index is 0.246. The van der Waals surface area contributed by atoms with Crippen molar-refractivity contribution in [1.29, 1.82) is 0 Å². The van der Waals surface area contributed by atoms with E-state index in [1.165, 1.54) is 24.9 Å². The largest absolute Gasteiger partial charge is 0.361 e. The lowest BCUT2D eigenvalue weighted by molar-refractivity contribution is 0.244. The predicted octanol–water partition coefficient (Wildman–Crippen LogP) is 5.00. The van der Waals surface area contributed by atoms with Gasteiger partial charge in [-0.1, -0.05) is 15.9 Å². The number of halogens is 1. The number of nitrogens with zero attached hydrogens (tertiary/aromatic N) is 1. The SMILES string of the molecule is CC1(C)CCCC(C)(C)N1c1ccc(Br)cc1. The Morgan fingerprint density at radius 3 is 1.88 bits per heavy atom. The number of piperidine rings is 1. The van der Waals surface area contributed by atoms with Gasteiger partial charge in [0.1, 0.15) is 0 Å². The van der Waals surface area contributed by atoms with Crippen LogP contribution in [0, 0.1) is 0 Å². The van der Waals surface area contributed by atoms with Gasteiger partial charge in [0, 0.05) is 21.2 Å². The van der Waals surface area contributed by atoms with Crippen molar-refractivity contribution in [1.82, 2.24) is 0 Å². The van der Waals surface area contributed by atoms with Crippen LogP contribution >= 0.6 is 15.9 Å². The molecule has 0 aromatic heterocycles. The minimum Gasteiger partial charge on any atom is -0.361 e. The second-order valence-corrected chi connectivity index (χ2v) is 7.21. The van der Waals surface area contributed by atoms with Gasteiger partial charge < -0.3 is 4.90 Å². The van der Waals surface area contributed by atoms with Gasteiger partial charge in [-0.05, 0) is 71.2 Å². The summed E-state index contributed by atoms with van der Waals surface area (Å²) >= 11 is 3.51. The van der Waals surface area contributed by atoms with E-state index in [0.29, 0.717) is 0 Å². The topological polar surface area (TPSA) is 3.24 Å². The van der Waals surface area contributed by atoms with Crippen LogP contribution in [-0.2, 0) is 0 Å². The van der Waals surface area contributed by atoms with Gasteiger partial charge in [0.15, 0.2) is 0 Å². The van der Waals surface area contributed by atoms with Crippen LogP contribution in [0.15, 0.2) is 28.7 Å². The summed E-state index contributed by atoms with van der Waals surface area (Å²) in [6.45, 7) is 9.43. The first kappa shape index (κ1) is 12.9. The summed E-state index contributed by atoms with van der Waals surface area (Å²) in [6, 6.07) is 8.71.